The lowest BCUT2D eigenvalue weighted by Crippen LogP contribution is -2.41. The number of rotatable bonds is 2. The standard InChI is InChI=1S/C11H19BO3/c1-7-9(8(2)13)12-14-10(3,4)11(5,6)15-12/h7,13H,2H2,1,3-6H3/b9-7+. The summed E-state index contributed by atoms with van der Waals surface area (Å²) < 4.78 is 11.5. The van der Waals surface area contributed by atoms with Crippen molar-refractivity contribution in [3.05, 3.63) is 23.9 Å². The number of hydrogen-bond acceptors (Lipinski definition) is 3. The molecule has 0 atom stereocenters. The molecule has 0 aromatic heterocycles. The molecule has 0 aromatic carbocycles. The molecule has 0 amide bonds. The largest absolute Gasteiger partial charge is 0.509 e. The molecule has 1 N–H and O–H groups in total. The Labute approximate surface area is 91.9 Å². The Morgan fingerprint density at radius 1 is 1.20 bits per heavy atom. The van der Waals surface area contributed by atoms with Crippen molar-refractivity contribution in [2.45, 2.75) is 45.8 Å². The summed E-state index contributed by atoms with van der Waals surface area (Å²) in [4.78, 5) is 0. The van der Waals surface area contributed by atoms with Gasteiger partial charge in [-0.25, -0.2) is 0 Å². The zero-order chi connectivity index (χ0) is 11.9. The lowest BCUT2D eigenvalue weighted by Gasteiger charge is -2.32. The van der Waals surface area contributed by atoms with Crippen molar-refractivity contribution in [1.82, 2.24) is 0 Å². The Balaban J connectivity index is 2.92. The second kappa shape index (κ2) is 3.69. The molecule has 0 unspecified atom stereocenters. The highest BCUT2D eigenvalue weighted by Crippen LogP contribution is 2.39. The van der Waals surface area contributed by atoms with Crippen LogP contribution in [0, 0.1) is 0 Å². The van der Waals surface area contributed by atoms with Gasteiger partial charge in [-0.15, -0.1) is 0 Å². The molecule has 0 aromatic rings. The summed E-state index contributed by atoms with van der Waals surface area (Å²) in [7, 11) is -0.530. The summed E-state index contributed by atoms with van der Waals surface area (Å²) in [6.45, 7) is 13.2. The van der Waals surface area contributed by atoms with Crippen LogP contribution in [0.1, 0.15) is 34.6 Å². The van der Waals surface area contributed by atoms with Crippen molar-refractivity contribution in [2.75, 3.05) is 0 Å². The fraction of sp³-hybridized carbons (Fsp3) is 0.636. The summed E-state index contributed by atoms with van der Waals surface area (Å²) in [5.41, 5.74) is -0.184. The van der Waals surface area contributed by atoms with Gasteiger partial charge in [0.05, 0.1) is 11.2 Å². The molecule has 1 fully saturated rings. The Morgan fingerprint density at radius 2 is 1.60 bits per heavy atom. The highest BCUT2D eigenvalue weighted by atomic mass is 16.7. The fourth-order valence-electron chi connectivity index (χ4n) is 1.41. The third-order valence-corrected chi connectivity index (χ3v) is 3.15. The highest BCUT2D eigenvalue weighted by Gasteiger charge is 2.52. The monoisotopic (exact) mass is 210 g/mol. The van der Waals surface area contributed by atoms with Crippen LogP contribution in [-0.4, -0.2) is 23.4 Å². The van der Waals surface area contributed by atoms with E-state index in [9.17, 15) is 5.11 Å². The van der Waals surface area contributed by atoms with E-state index in [4.69, 9.17) is 9.31 Å². The third-order valence-electron chi connectivity index (χ3n) is 3.15. The van der Waals surface area contributed by atoms with Gasteiger partial charge in [0.1, 0.15) is 5.76 Å². The molecule has 0 aliphatic carbocycles. The van der Waals surface area contributed by atoms with E-state index in [1.54, 1.807) is 6.08 Å². The van der Waals surface area contributed by atoms with E-state index >= 15 is 0 Å². The summed E-state index contributed by atoms with van der Waals surface area (Å²) in [5.74, 6) is -0.00370. The van der Waals surface area contributed by atoms with Crippen LogP contribution < -0.4 is 0 Å². The van der Waals surface area contributed by atoms with Crippen LogP contribution in [0.4, 0.5) is 0 Å². The SMILES string of the molecule is C=C(O)/C(=C\C)B1OC(C)(C)C(C)(C)O1. The number of aliphatic hydroxyl groups is 1. The minimum absolute atomic E-state index is 0.00370. The summed E-state index contributed by atoms with van der Waals surface area (Å²) in [6, 6.07) is 0. The van der Waals surface area contributed by atoms with E-state index in [0.717, 1.165) is 0 Å². The first-order valence-electron chi connectivity index (χ1n) is 5.11. The normalized spacial score (nSPS) is 24.3. The van der Waals surface area contributed by atoms with E-state index in [1.165, 1.54) is 0 Å². The Morgan fingerprint density at radius 3 is 1.87 bits per heavy atom. The Bertz CT molecular complexity index is 289. The molecular weight excluding hydrogens is 191 g/mol. The molecule has 0 saturated carbocycles. The van der Waals surface area contributed by atoms with Crippen molar-refractivity contribution in [3.8, 4) is 0 Å². The molecule has 3 nitrogen and oxygen atoms in total. The number of hydrogen-bond donors (Lipinski definition) is 1. The van der Waals surface area contributed by atoms with E-state index < -0.39 is 7.12 Å². The van der Waals surface area contributed by atoms with Gasteiger partial charge in [0.2, 0.25) is 0 Å². The van der Waals surface area contributed by atoms with Crippen molar-refractivity contribution in [2.24, 2.45) is 0 Å². The van der Waals surface area contributed by atoms with Gasteiger partial charge in [-0.3, -0.25) is 0 Å². The molecule has 1 aliphatic rings. The molecule has 84 valence electrons. The van der Waals surface area contributed by atoms with Gasteiger partial charge in [0.25, 0.3) is 0 Å². The van der Waals surface area contributed by atoms with Gasteiger partial charge in [-0.2, -0.15) is 0 Å². The third kappa shape index (κ3) is 2.11. The Hall–Kier alpha value is -0.735. The zero-order valence-corrected chi connectivity index (χ0v) is 10.1. The molecule has 1 saturated heterocycles. The van der Waals surface area contributed by atoms with E-state index in [0.29, 0.717) is 5.47 Å². The van der Waals surface area contributed by atoms with Gasteiger partial charge in [0, 0.05) is 5.47 Å². The summed E-state index contributed by atoms with van der Waals surface area (Å²) in [5, 5.41) is 9.39. The van der Waals surface area contributed by atoms with E-state index in [-0.39, 0.29) is 17.0 Å². The fourth-order valence-corrected chi connectivity index (χ4v) is 1.41. The van der Waals surface area contributed by atoms with Crippen LogP contribution in [0.5, 0.6) is 0 Å². The summed E-state index contributed by atoms with van der Waals surface area (Å²) >= 11 is 0. The molecule has 1 aliphatic heterocycles. The van der Waals surface area contributed by atoms with Crippen LogP contribution in [0.25, 0.3) is 0 Å². The highest BCUT2D eigenvalue weighted by molar-refractivity contribution is 6.55. The smallest absolute Gasteiger partial charge is 0.498 e. The van der Waals surface area contributed by atoms with Gasteiger partial charge in [-0.1, -0.05) is 12.7 Å². The second-order valence-corrected chi connectivity index (χ2v) is 4.78. The minimum atomic E-state index is -0.530. The molecule has 1 rings (SSSR count). The van der Waals surface area contributed by atoms with Crippen LogP contribution in [0.2, 0.25) is 0 Å². The van der Waals surface area contributed by atoms with Gasteiger partial charge in [0.15, 0.2) is 0 Å². The number of aliphatic hydroxyl groups excluding tert-OH is 1. The quantitative estimate of drug-likeness (QED) is 0.432. The van der Waals surface area contributed by atoms with Crippen molar-refractivity contribution in [1.29, 1.82) is 0 Å². The molecule has 4 heteroatoms. The van der Waals surface area contributed by atoms with Crippen LogP contribution >= 0.6 is 0 Å². The van der Waals surface area contributed by atoms with E-state index in [1.807, 2.05) is 34.6 Å². The molecule has 0 spiro atoms. The molecule has 0 radical (unpaired) electrons. The zero-order valence-electron chi connectivity index (χ0n) is 10.1. The topological polar surface area (TPSA) is 38.7 Å². The average molecular weight is 210 g/mol. The van der Waals surface area contributed by atoms with Gasteiger partial charge < -0.3 is 14.4 Å². The molecule has 1 heterocycles. The second-order valence-electron chi connectivity index (χ2n) is 4.78. The minimum Gasteiger partial charge on any atom is -0.509 e. The first-order valence-corrected chi connectivity index (χ1v) is 5.11. The average Bonchev–Trinajstić information content (AvgIpc) is 2.21. The van der Waals surface area contributed by atoms with Crippen LogP contribution in [0.3, 0.4) is 0 Å². The first kappa shape index (κ1) is 12.3. The first-order chi connectivity index (χ1) is 6.71. The number of allylic oxidation sites excluding steroid dienone is 2. The van der Waals surface area contributed by atoms with Crippen molar-refractivity contribution < 1.29 is 14.4 Å². The van der Waals surface area contributed by atoms with Crippen molar-refractivity contribution in [3.63, 3.8) is 0 Å². The van der Waals surface area contributed by atoms with E-state index in [2.05, 4.69) is 6.58 Å². The molecule has 15 heavy (non-hydrogen) atoms. The Kier molecular flexibility index (Phi) is 3.03. The maximum Gasteiger partial charge on any atom is 0.498 e. The summed E-state index contributed by atoms with van der Waals surface area (Å²) in [6.07, 6.45) is 1.75. The molecular formula is C11H19BO3. The van der Waals surface area contributed by atoms with Crippen LogP contribution in [0.15, 0.2) is 23.9 Å². The predicted molar refractivity (Wildman–Crippen MR) is 61.6 cm³/mol. The molecule has 0 bridgehead atoms. The lowest BCUT2D eigenvalue weighted by atomic mass is 9.77. The van der Waals surface area contributed by atoms with Gasteiger partial charge >= 0.3 is 7.12 Å². The maximum atomic E-state index is 9.39. The van der Waals surface area contributed by atoms with Crippen molar-refractivity contribution >= 4 is 7.12 Å². The maximum absolute atomic E-state index is 9.39. The lowest BCUT2D eigenvalue weighted by molar-refractivity contribution is 0.00578. The van der Waals surface area contributed by atoms with Crippen LogP contribution in [-0.2, 0) is 9.31 Å². The predicted octanol–water partition coefficient (Wildman–Crippen LogP) is 2.64. The van der Waals surface area contributed by atoms with Gasteiger partial charge in [-0.05, 0) is 34.6 Å².